The van der Waals surface area contributed by atoms with Gasteiger partial charge in [-0.2, -0.15) is 5.10 Å². The predicted octanol–water partition coefficient (Wildman–Crippen LogP) is 1.80. The summed E-state index contributed by atoms with van der Waals surface area (Å²) >= 11 is 0. The Morgan fingerprint density at radius 2 is 2.04 bits per heavy atom. The van der Waals surface area contributed by atoms with Gasteiger partial charge in [-0.05, 0) is 37.5 Å². The van der Waals surface area contributed by atoms with Gasteiger partial charge in [-0.25, -0.2) is 9.18 Å². The lowest BCUT2D eigenvalue weighted by Gasteiger charge is -2.23. The number of aliphatic hydroxyl groups is 1. The maximum Gasteiger partial charge on any atom is 0.314 e. The zero-order valence-corrected chi connectivity index (χ0v) is 14.4. The van der Waals surface area contributed by atoms with Crippen molar-refractivity contribution in [1.29, 1.82) is 0 Å². The van der Waals surface area contributed by atoms with Gasteiger partial charge in [0.2, 0.25) is 0 Å². The average molecular weight is 346 g/mol. The normalized spacial score (nSPS) is 17.6. The first kappa shape index (κ1) is 17.4. The van der Waals surface area contributed by atoms with Gasteiger partial charge in [-0.3, -0.25) is 4.68 Å². The SMILES string of the molecule is Cn1cc(C(C)(O)CNC(=O)NCC2(c3ccc(F)cc3)CC2)cn1. The van der Waals surface area contributed by atoms with Crippen molar-refractivity contribution in [2.24, 2.45) is 7.05 Å². The van der Waals surface area contributed by atoms with Crippen molar-refractivity contribution >= 4 is 6.03 Å². The molecule has 1 unspecified atom stereocenters. The van der Waals surface area contributed by atoms with Crippen molar-refractivity contribution < 1.29 is 14.3 Å². The number of amides is 2. The zero-order chi connectivity index (χ0) is 18.1. The summed E-state index contributed by atoms with van der Waals surface area (Å²) in [5, 5.41) is 20.0. The Morgan fingerprint density at radius 1 is 1.36 bits per heavy atom. The summed E-state index contributed by atoms with van der Waals surface area (Å²) in [5.74, 6) is -0.261. The van der Waals surface area contributed by atoms with Crippen LogP contribution < -0.4 is 10.6 Å². The molecule has 0 aliphatic heterocycles. The molecule has 1 heterocycles. The number of urea groups is 1. The highest BCUT2D eigenvalue weighted by atomic mass is 19.1. The van der Waals surface area contributed by atoms with Crippen LogP contribution in [0.25, 0.3) is 0 Å². The monoisotopic (exact) mass is 346 g/mol. The van der Waals surface area contributed by atoms with Crippen LogP contribution in [0.3, 0.4) is 0 Å². The summed E-state index contributed by atoms with van der Waals surface area (Å²) in [4.78, 5) is 12.1. The summed E-state index contributed by atoms with van der Waals surface area (Å²) in [6, 6.07) is 6.10. The van der Waals surface area contributed by atoms with Crippen molar-refractivity contribution in [2.75, 3.05) is 13.1 Å². The minimum absolute atomic E-state index is 0.0775. The first-order valence-electron chi connectivity index (χ1n) is 8.30. The standard InChI is InChI=1S/C18H23FN4O2/c1-17(25,14-9-22-23(2)10-14)11-20-16(24)21-12-18(7-8-18)13-3-5-15(19)6-4-13/h3-6,9-10,25H,7-8,11-12H2,1-2H3,(H2,20,21,24). The fourth-order valence-corrected chi connectivity index (χ4v) is 2.89. The molecule has 1 aromatic carbocycles. The summed E-state index contributed by atoms with van der Waals surface area (Å²) in [6.07, 6.45) is 5.22. The third kappa shape index (κ3) is 3.99. The molecule has 3 rings (SSSR count). The van der Waals surface area contributed by atoms with Gasteiger partial charge < -0.3 is 15.7 Å². The Bertz CT molecular complexity index is 751. The van der Waals surface area contributed by atoms with Gasteiger partial charge in [0.15, 0.2) is 0 Å². The molecule has 1 saturated carbocycles. The van der Waals surface area contributed by atoms with E-state index in [2.05, 4.69) is 15.7 Å². The molecule has 1 atom stereocenters. The second kappa shape index (κ2) is 6.48. The first-order valence-corrected chi connectivity index (χ1v) is 8.30. The Kier molecular flexibility index (Phi) is 4.51. The minimum atomic E-state index is -1.19. The lowest BCUT2D eigenvalue weighted by Crippen LogP contribution is -2.45. The summed E-state index contributed by atoms with van der Waals surface area (Å²) in [6.45, 7) is 2.19. The topological polar surface area (TPSA) is 79.2 Å². The smallest absolute Gasteiger partial charge is 0.314 e. The maximum atomic E-state index is 13.1. The highest BCUT2D eigenvalue weighted by Crippen LogP contribution is 2.47. The second-order valence-electron chi connectivity index (χ2n) is 7.00. The molecule has 2 amide bonds. The molecule has 25 heavy (non-hydrogen) atoms. The number of carbonyl (C=O) groups excluding carboxylic acids is 1. The van der Waals surface area contributed by atoms with E-state index in [0.717, 1.165) is 18.4 Å². The Labute approximate surface area is 146 Å². The molecule has 6 nitrogen and oxygen atoms in total. The number of benzene rings is 1. The van der Waals surface area contributed by atoms with Crippen LogP contribution in [0.15, 0.2) is 36.7 Å². The van der Waals surface area contributed by atoms with Gasteiger partial charge in [0.1, 0.15) is 11.4 Å². The summed E-state index contributed by atoms with van der Waals surface area (Å²) < 4.78 is 14.7. The highest BCUT2D eigenvalue weighted by molar-refractivity contribution is 5.74. The van der Waals surface area contributed by atoms with E-state index in [-0.39, 0.29) is 23.8 Å². The lowest BCUT2D eigenvalue weighted by atomic mass is 9.96. The van der Waals surface area contributed by atoms with Crippen LogP contribution in [-0.2, 0) is 18.1 Å². The Balaban J connectivity index is 1.51. The fourth-order valence-electron chi connectivity index (χ4n) is 2.89. The second-order valence-corrected chi connectivity index (χ2v) is 7.00. The van der Waals surface area contributed by atoms with E-state index < -0.39 is 5.60 Å². The predicted molar refractivity (Wildman–Crippen MR) is 91.5 cm³/mol. The van der Waals surface area contributed by atoms with Crippen LogP contribution >= 0.6 is 0 Å². The van der Waals surface area contributed by atoms with Crippen molar-refractivity contribution in [3.05, 3.63) is 53.6 Å². The van der Waals surface area contributed by atoms with E-state index >= 15 is 0 Å². The van der Waals surface area contributed by atoms with E-state index in [9.17, 15) is 14.3 Å². The van der Waals surface area contributed by atoms with Crippen LogP contribution in [0.2, 0.25) is 0 Å². The molecule has 134 valence electrons. The molecule has 1 aromatic heterocycles. The molecule has 0 saturated heterocycles. The minimum Gasteiger partial charge on any atom is -0.383 e. The Morgan fingerprint density at radius 3 is 2.60 bits per heavy atom. The van der Waals surface area contributed by atoms with Crippen LogP contribution in [0, 0.1) is 5.82 Å². The third-order valence-electron chi connectivity index (χ3n) is 4.82. The van der Waals surface area contributed by atoms with Gasteiger partial charge in [0.25, 0.3) is 0 Å². The van der Waals surface area contributed by atoms with Crippen LogP contribution in [0.5, 0.6) is 0 Å². The molecular weight excluding hydrogens is 323 g/mol. The van der Waals surface area contributed by atoms with Crippen molar-refractivity contribution in [3.63, 3.8) is 0 Å². The van der Waals surface area contributed by atoms with Crippen molar-refractivity contribution in [1.82, 2.24) is 20.4 Å². The maximum absolute atomic E-state index is 13.1. The number of nitrogens with one attached hydrogen (secondary N) is 2. The molecule has 7 heteroatoms. The summed E-state index contributed by atoms with van der Waals surface area (Å²) in [5.41, 5.74) is 0.383. The molecule has 0 radical (unpaired) electrons. The number of aromatic nitrogens is 2. The van der Waals surface area contributed by atoms with Crippen LogP contribution in [0.1, 0.15) is 30.9 Å². The molecule has 0 spiro atoms. The molecule has 1 fully saturated rings. The quantitative estimate of drug-likeness (QED) is 0.746. The number of carbonyl (C=O) groups is 1. The van der Waals surface area contributed by atoms with Crippen molar-refractivity contribution in [3.8, 4) is 0 Å². The van der Waals surface area contributed by atoms with E-state index in [1.807, 2.05) is 0 Å². The summed E-state index contributed by atoms with van der Waals surface area (Å²) in [7, 11) is 1.77. The lowest BCUT2D eigenvalue weighted by molar-refractivity contribution is 0.0593. The number of hydrogen-bond acceptors (Lipinski definition) is 3. The van der Waals surface area contributed by atoms with Gasteiger partial charge in [-0.1, -0.05) is 12.1 Å². The van der Waals surface area contributed by atoms with Gasteiger partial charge in [0, 0.05) is 30.8 Å². The highest BCUT2D eigenvalue weighted by Gasteiger charge is 2.44. The van der Waals surface area contributed by atoms with Gasteiger partial charge in [0.05, 0.1) is 12.7 Å². The van der Waals surface area contributed by atoms with E-state index in [1.165, 1.54) is 12.1 Å². The fraction of sp³-hybridized carbons (Fsp3) is 0.444. The number of halogens is 1. The van der Waals surface area contributed by atoms with Crippen molar-refractivity contribution in [2.45, 2.75) is 30.8 Å². The Hall–Kier alpha value is -2.41. The average Bonchev–Trinajstić information content (AvgIpc) is 3.24. The number of nitrogens with zero attached hydrogens (tertiary/aromatic N) is 2. The zero-order valence-electron chi connectivity index (χ0n) is 14.4. The molecule has 1 aliphatic rings. The van der Waals surface area contributed by atoms with Gasteiger partial charge >= 0.3 is 6.03 Å². The molecular formula is C18H23FN4O2. The van der Waals surface area contributed by atoms with E-state index in [0.29, 0.717) is 12.1 Å². The van der Waals surface area contributed by atoms with Gasteiger partial charge in [-0.15, -0.1) is 0 Å². The van der Waals surface area contributed by atoms with E-state index in [4.69, 9.17) is 0 Å². The van der Waals surface area contributed by atoms with Crippen LogP contribution in [-0.4, -0.2) is 34.0 Å². The largest absolute Gasteiger partial charge is 0.383 e. The van der Waals surface area contributed by atoms with E-state index in [1.54, 1.807) is 43.2 Å². The third-order valence-corrected chi connectivity index (χ3v) is 4.82. The molecule has 1 aliphatic carbocycles. The number of rotatable bonds is 6. The first-order chi connectivity index (χ1) is 11.8. The van der Waals surface area contributed by atoms with Crippen LogP contribution in [0.4, 0.5) is 9.18 Å². The number of hydrogen-bond donors (Lipinski definition) is 3. The molecule has 3 N–H and O–H groups in total. The molecule has 0 bridgehead atoms. The number of aryl methyl sites for hydroxylation is 1. The molecule has 2 aromatic rings.